The normalized spacial score (nSPS) is 18.6. The third-order valence-corrected chi connectivity index (χ3v) is 5.46. The number of hydrogen-bond acceptors (Lipinski definition) is 6. The second kappa shape index (κ2) is 5.24. The molecule has 9 heteroatoms. The molecule has 0 bridgehead atoms. The van der Waals surface area contributed by atoms with Gasteiger partial charge in [0.15, 0.2) is 4.90 Å². The molecule has 0 aliphatic carbocycles. The van der Waals surface area contributed by atoms with Crippen LogP contribution in [0.1, 0.15) is 20.3 Å². The van der Waals surface area contributed by atoms with E-state index in [0.29, 0.717) is 18.8 Å². The summed E-state index contributed by atoms with van der Waals surface area (Å²) < 4.78 is 26.6. The minimum atomic E-state index is -3.92. The Morgan fingerprint density at radius 3 is 2.57 bits per heavy atom. The van der Waals surface area contributed by atoms with Crippen LogP contribution >= 0.6 is 0 Å². The Balaban J connectivity index is 2.51. The summed E-state index contributed by atoms with van der Waals surface area (Å²) in [6.45, 7) is 4.63. The topological polar surface area (TPSA) is 119 Å². The number of benzene rings is 1. The quantitative estimate of drug-likeness (QED) is 0.491. The molecule has 1 aliphatic rings. The first kappa shape index (κ1) is 15.7. The molecule has 1 aliphatic heterocycles. The summed E-state index contributed by atoms with van der Waals surface area (Å²) in [5.74, 6) is 5.26. The number of hydrazine groups is 1. The van der Waals surface area contributed by atoms with Gasteiger partial charge in [-0.25, -0.2) is 8.42 Å². The lowest BCUT2D eigenvalue weighted by atomic mass is 9.93. The molecule has 0 unspecified atom stereocenters. The number of hydrogen-bond donors (Lipinski definition) is 2. The summed E-state index contributed by atoms with van der Waals surface area (Å²) in [5, 5.41) is 11.1. The lowest BCUT2D eigenvalue weighted by Crippen LogP contribution is -2.31. The van der Waals surface area contributed by atoms with E-state index in [1.54, 1.807) is 0 Å². The minimum absolute atomic E-state index is 0.133. The number of rotatable bonds is 4. The van der Waals surface area contributed by atoms with Gasteiger partial charge >= 0.3 is 0 Å². The van der Waals surface area contributed by atoms with Crippen molar-refractivity contribution in [3.05, 3.63) is 28.3 Å². The van der Waals surface area contributed by atoms with Crippen molar-refractivity contribution in [2.24, 2.45) is 11.3 Å². The van der Waals surface area contributed by atoms with Crippen LogP contribution in [0, 0.1) is 15.5 Å². The maximum atomic E-state index is 12.7. The van der Waals surface area contributed by atoms with E-state index < -0.39 is 20.6 Å². The summed E-state index contributed by atoms with van der Waals surface area (Å²) in [4.78, 5) is 10.0. The predicted octanol–water partition coefficient (Wildman–Crippen LogP) is 1.30. The van der Waals surface area contributed by atoms with Gasteiger partial charge < -0.3 is 5.43 Å². The van der Waals surface area contributed by atoms with Gasteiger partial charge in [0, 0.05) is 19.2 Å². The van der Waals surface area contributed by atoms with Crippen LogP contribution in [-0.4, -0.2) is 30.7 Å². The number of nitrogen functional groups attached to an aromatic ring is 1. The molecule has 1 heterocycles. The molecule has 8 nitrogen and oxygen atoms in total. The summed E-state index contributed by atoms with van der Waals surface area (Å²) in [5.41, 5.74) is 2.03. The molecule has 116 valence electrons. The first-order valence-corrected chi connectivity index (χ1v) is 7.87. The predicted molar refractivity (Wildman–Crippen MR) is 78.1 cm³/mol. The first-order chi connectivity index (χ1) is 9.67. The molecule has 0 atom stereocenters. The van der Waals surface area contributed by atoms with Crippen LogP contribution in [0.2, 0.25) is 0 Å². The van der Waals surface area contributed by atoms with Crippen LogP contribution < -0.4 is 11.3 Å². The average Bonchev–Trinajstić information content (AvgIpc) is 2.79. The smallest absolute Gasteiger partial charge is 0.289 e. The zero-order valence-corrected chi connectivity index (χ0v) is 12.7. The molecule has 0 radical (unpaired) electrons. The number of sulfonamides is 1. The van der Waals surface area contributed by atoms with Gasteiger partial charge in [-0.1, -0.05) is 13.8 Å². The van der Waals surface area contributed by atoms with Crippen molar-refractivity contribution in [3.8, 4) is 0 Å². The zero-order valence-electron chi connectivity index (χ0n) is 11.9. The Kier molecular flexibility index (Phi) is 3.91. The van der Waals surface area contributed by atoms with Crippen LogP contribution in [0.4, 0.5) is 11.4 Å². The molecule has 0 spiro atoms. The van der Waals surface area contributed by atoms with Gasteiger partial charge in [-0.05, 0) is 24.0 Å². The maximum absolute atomic E-state index is 12.7. The molecular formula is C12H18N4O4S. The van der Waals surface area contributed by atoms with Gasteiger partial charge in [-0.2, -0.15) is 4.31 Å². The van der Waals surface area contributed by atoms with E-state index in [4.69, 9.17) is 5.84 Å². The van der Waals surface area contributed by atoms with Crippen molar-refractivity contribution in [1.29, 1.82) is 0 Å². The van der Waals surface area contributed by atoms with Gasteiger partial charge in [0.2, 0.25) is 10.0 Å². The van der Waals surface area contributed by atoms with Gasteiger partial charge in [-0.3, -0.25) is 16.0 Å². The molecule has 1 fully saturated rings. The van der Waals surface area contributed by atoms with Crippen LogP contribution in [0.3, 0.4) is 0 Å². The molecule has 0 saturated carbocycles. The van der Waals surface area contributed by atoms with Crippen molar-refractivity contribution in [1.82, 2.24) is 4.31 Å². The minimum Gasteiger partial charge on any atom is -0.324 e. The monoisotopic (exact) mass is 314 g/mol. The fourth-order valence-corrected chi connectivity index (χ4v) is 4.18. The first-order valence-electron chi connectivity index (χ1n) is 6.43. The summed E-state index contributed by atoms with van der Waals surface area (Å²) >= 11 is 0. The molecule has 1 aromatic rings. The highest BCUT2D eigenvalue weighted by atomic mass is 32.2. The third kappa shape index (κ3) is 2.99. The maximum Gasteiger partial charge on any atom is 0.289 e. The fourth-order valence-electron chi connectivity index (χ4n) is 2.37. The molecule has 0 aromatic heterocycles. The molecule has 1 saturated heterocycles. The third-order valence-electron chi connectivity index (χ3n) is 3.58. The molecule has 0 amide bonds. The van der Waals surface area contributed by atoms with E-state index in [9.17, 15) is 18.5 Å². The number of nitro benzene ring substituents is 1. The SMILES string of the molecule is CC1(C)CCN(S(=O)(=O)c2cc(NN)ccc2[N+](=O)[O-])C1. The summed E-state index contributed by atoms with van der Waals surface area (Å²) in [6, 6.07) is 3.70. The second-order valence-corrected chi connectivity index (χ2v) is 7.74. The highest BCUT2D eigenvalue weighted by Gasteiger charge is 2.39. The van der Waals surface area contributed by atoms with Crippen molar-refractivity contribution in [2.45, 2.75) is 25.2 Å². The molecule has 21 heavy (non-hydrogen) atoms. The van der Waals surface area contributed by atoms with Crippen molar-refractivity contribution < 1.29 is 13.3 Å². The largest absolute Gasteiger partial charge is 0.324 e. The van der Waals surface area contributed by atoms with E-state index >= 15 is 0 Å². The Labute approximate surface area is 123 Å². The van der Waals surface area contributed by atoms with Gasteiger partial charge in [0.1, 0.15) is 0 Å². The molecular weight excluding hydrogens is 296 g/mol. The summed E-state index contributed by atoms with van der Waals surface area (Å²) in [7, 11) is -3.92. The number of anilines is 1. The van der Waals surface area contributed by atoms with Crippen LogP contribution in [0.15, 0.2) is 23.1 Å². The highest BCUT2D eigenvalue weighted by molar-refractivity contribution is 7.89. The second-order valence-electron chi connectivity index (χ2n) is 5.84. The van der Waals surface area contributed by atoms with Gasteiger partial charge in [0.05, 0.1) is 10.6 Å². The van der Waals surface area contributed by atoms with E-state index in [2.05, 4.69) is 5.43 Å². The Bertz CT molecular complexity index is 672. The van der Waals surface area contributed by atoms with Crippen molar-refractivity contribution in [2.75, 3.05) is 18.5 Å². The Morgan fingerprint density at radius 1 is 1.43 bits per heavy atom. The summed E-state index contributed by atoms with van der Waals surface area (Å²) in [6.07, 6.45) is 0.717. The molecule has 2 rings (SSSR count). The van der Waals surface area contributed by atoms with Crippen molar-refractivity contribution >= 4 is 21.4 Å². The van der Waals surface area contributed by atoms with Crippen LogP contribution in [0.5, 0.6) is 0 Å². The Morgan fingerprint density at radius 2 is 2.10 bits per heavy atom. The molecule has 1 aromatic carbocycles. The van der Waals surface area contributed by atoms with E-state index in [1.807, 2.05) is 13.8 Å². The number of nitrogens with zero attached hydrogens (tertiary/aromatic N) is 2. The van der Waals surface area contributed by atoms with E-state index in [0.717, 1.165) is 12.5 Å². The lowest BCUT2D eigenvalue weighted by molar-refractivity contribution is -0.387. The fraction of sp³-hybridized carbons (Fsp3) is 0.500. The Hall–Kier alpha value is -1.71. The van der Waals surface area contributed by atoms with Gasteiger partial charge in [0.25, 0.3) is 5.69 Å². The standard InChI is InChI=1S/C12H18N4O4S/c1-12(2)5-6-15(8-12)21(19,20)11-7-9(14-13)3-4-10(11)16(17)18/h3-4,7,14H,5-6,8,13H2,1-2H3. The number of nitrogens with two attached hydrogens (primary N) is 1. The van der Waals surface area contributed by atoms with E-state index in [1.165, 1.54) is 16.4 Å². The average molecular weight is 314 g/mol. The number of nitro groups is 1. The van der Waals surface area contributed by atoms with Crippen LogP contribution in [0.25, 0.3) is 0 Å². The number of nitrogens with one attached hydrogen (secondary N) is 1. The highest BCUT2D eigenvalue weighted by Crippen LogP contribution is 2.36. The molecule has 3 N–H and O–H groups in total. The van der Waals surface area contributed by atoms with Crippen molar-refractivity contribution in [3.63, 3.8) is 0 Å². The van der Waals surface area contributed by atoms with E-state index in [-0.39, 0.29) is 10.3 Å². The van der Waals surface area contributed by atoms with Gasteiger partial charge in [-0.15, -0.1) is 0 Å². The lowest BCUT2D eigenvalue weighted by Gasteiger charge is -2.20. The zero-order chi connectivity index (χ0) is 15.8. The van der Waals surface area contributed by atoms with Crippen LogP contribution in [-0.2, 0) is 10.0 Å².